The van der Waals surface area contributed by atoms with Crippen LogP contribution in [0, 0.1) is 10.00 Å². The van der Waals surface area contributed by atoms with Gasteiger partial charge in [-0.3, -0.25) is 9.59 Å². The van der Waals surface area contributed by atoms with Crippen molar-refractivity contribution >= 4 is 40.9 Å². The van der Waals surface area contributed by atoms with Gasteiger partial charge in [-0.25, -0.2) is 0 Å². The standard InChI is InChI=1S/C17H22NO2S2/c1-12-21-11-10-17(22-12,14(19)16(2,3)4)15(20)18-13-8-6-5-7-9-13/h5-9H,10-11H2,1-4H3,(H,18,20). The Bertz CT molecular complexity index is 554. The summed E-state index contributed by atoms with van der Waals surface area (Å²) < 4.78 is 0.0516. The molecule has 1 fully saturated rings. The number of hydrogen-bond acceptors (Lipinski definition) is 4. The number of Topliss-reactive ketones (excluding diaryl/α,β-unsaturated/α-hetero) is 1. The summed E-state index contributed by atoms with van der Waals surface area (Å²) in [5.41, 5.74) is 0.175. The number of carbonyl (C=O) groups excluding carboxylic acids is 2. The fourth-order valence-electron chi connectivity index (χ4n) is 2.45. The van der Waals surface area contributed by atoms with Crippen molar-refractivity contribution in [2.24, 2.45) is 5.41 Å². The number of rotatable bonds is 3. The lowest BCUT2D eigenvalue weighted by atomic mass is 9.80. The molecule has 119 valence electrons. The van der Waals surface area contributed by atoms with E-state index in [0.717, 1.165) is 16.0 Å². The van der Waals surface area contributed by atoms with E-state index in [4.69, 9.17) is 0 Å². The molecule has 1 unspecified atom stereocenters. The predicted molar refractivity (Wildman–Crippen MR) is 95.8 cm³/mol. The summed E-state index contributed by atoms with van der Waals surface area (Å²) in [7, 11) is 0. The molecule has 0 saturated carbocycles. The van der Waals surface area contributed by atoms with E-state index in [9.17, 15) is 9.59 Å². The number of benzene rings is 1. The van der Waals surface area contributed by atoms with Crippen LogP contribution in [0.4, 0.5) is 5.69 Å². The van der Waals surface area contributed by atoms with Gasteiger partial charge in [0.2, 0.25) is 5.91 Å². The Morgan fingerprint density at radius 2 is 1.82 bits per heavy atom. The minimum absolute atomic E-state index is 0.00178. The third kappa shape index (κ3) is 3.69. The maximum Gasteiger partial charge on any atom is 0.248 e. The van der Waals surface area contributed by atoms with Crippen molar-refractivity contribution in [2.45, 2.75) is 38.9 Å². The second kappa shape index (κ2) is 6.67. The van der Waals surface area contributed by atoms with Gasteiger partial charge in [0.15, 0.2) is 10.5 Å². The highest BCUT2D eigenvalue weighted by atomic mass is 32.2. The third-order valence-corrected chi connectivity index (χ3v) is 6.15. The molecule has 1 aliphatic heterocycles. The van der Waals surface area contributed by atoms with E-state index in [1.165, 1.54) is 11.8 Å². The summed E-state index contributed by atoms with van der Waals surface area (Å²) in [6.45, 7) is 7.62. The molecule has 0 aromatic heterocycles. The summed E-state index contributed by atoms with van der Waals surface area (Å²) in [6.07, 6.45) is 0.564. The van der Waals surface area contributed by atoms with Crippen LogP contribution in [-0.4, -0.2) is 22.2 Å². The molecule has 1 aromatic rings. The lowest BCUT2D eigenvalue weighted by molar-refractivity contribution is -0.134. The van der Waals surface area contributed by atoms with Crippen LogP contribution in [0.5, 0.6) is 0 Å². The van der Waals surface area contributed by atoms with Gasteiger partial charge in [0.25, 0.3) is 0 Å². The molecule has 1 aromatic carbocycles. The summed E-state index contributed by atoms with van der Waals surface area (Å²) in [6, 6.07) is 9.32. The Balaban J connectivity index is 2.32. The third-order valence-electron chi connectivity index (χ3n) is 3.52. The van der Waals surface area contributed by atoms with Gasteiger partial charge in [-0.1, -0.05) is 39.0 Å². The van der Waals surface area contributed by atoms with E-state index < -0.39 is 10.2 Å². The van der Waals surface area contributed by atoms with Gasteiger partial charge >= 0.3 is 0 Å². The minimum atomic E-state index is -1.02. The normalized spacial score (nSPS) is 23.1. The molecule has 1 heterocycles. The van der Waals surface area contributed by atoms with Crippen molar-refractivity contribution in [3.8, 4) is 0 Å². The molecule has 1 aliphatic rings. The van der Waals surface area contributed by atoms with Gasteiger partial charge < -0.3 is 5.32 Å². The Kier molecular flexibility index (Phi) is 5.28. The fourth-order valence-corrected chi connectivity index (χ4v) is 5.42. The molecule has 1 N–H and O–H groups in total. The van der Waals surface area contributed by atoms with Gasteiger partial charge in [0.1, 0.15) is 0 Å². The molecular weight excluding hydrogens is 314 g/mol. The Morgan fingerprint density at radius 1 is 1.18 bits per heavy atom. The number of nitrogens with one attached hydrogen (secondary N) is 1. The molecule has 1 radical (unpaired) electrons. The molecule has 0 spiro atoms. The number of ketones is 1. The summed E-state index contributed by atoms with van der Waals surface area (Å²) in [5.74, 6) is 0.587. The van der Waals surface area contributed by atoms with Crippen LogP contribution in [0.1, 0.15) is 34.1 Å². The molecule has 2 rings (SSSR count). The summed E-state index contributed by atoms with van der Waals surface area (Å²) in [4.78, 5) is 26.0. The van der Waals surface area contributed by atoms with Crippen molar-refractivity contribution in [1.82, 2.24) is 0 Å². The van der Waals surface area contributed by atoms with Crippen LogP contribution >= 0.6 is 23.5 Å². The Morgan fingerprint density at radius 3 is 2.36 bits per heavy atom. The first kappa shape index (κ1) is 17.4. The predicted octanol–water partition coefficient (Wildman–Crippen LogP) is 4.36. The number of hydrogen-bond donors (Lipinski definition) is 1. The number of amides is 1. The number of carbonyl (C=O) groups is 2. The molecule has 3 nitrogen and oxygen atoms in total. The maximum atomic E-state index is 13.0. The SMILES string of the molecule is C[C]1SCCC(C(=O)Nc2ccccc2)(C(=O)C(C)(C)C)S1. The van der Waals surface area contributed by atoms with Crippen molar-refractivity contribution in [2.75, 3.05) is 11.1 Å². The first-order valence-electron chi connectivity index (χ1n) is 7.32. The van der Waals surface area contributed by atoms with E-state index in [1.54, 1.807) is 11.8 Å². The lowest BCUT2D eigenvalue weighted by Crippen LogP contribution is -2.53. The topological polar surface area (TPSA) is 46.2 Å². The van der Waals surface area contributed by atoms with E-state index in [0.29, 0.717) is 6.42 Å². The molecule has 5 heteroatoms. The number of anilines is 1. The van der Waals surface area contributed by atoms with E-state index in [1.807, 2.05) is 58.0 Å². The van der Waals surface area contributed by atoms with Crippen LogP contribution in [-0.2, 0) is 9.59 Å². The largest absolute Gasteiger partial charge is 0.324 e. The molecule has 1 atom stereocenters. The van der Waals surface area contributed by atoms with Crippen LogP contribution in [0.2, 0.25) is 0 Å². The molecule has 0 bridgehead atoms. The first-order chi connectivity index (χ1) is 10.3. The van der Waals surface area contributed by atoms with Crippen LogP contribution in [0.15, 0.2) is 30.3 Å². The van der Waals surface area contributed by atoms with E-state index >= 15 is 0 Å². The van der Waals surface area contributed by atoms with Gasteiger partial charge in [-0.15, -0.1) is 23.5 Å². The second-order valence-corrected chi connectivity index (χ2v) is 9.50. The maximum absolute atomic E-state index is 13.0. The van der Waals surface area contributed by atoms with Gasteiger partial charge in [-0.2, -0.15) is 0 Å². The average Bonchev–Trinajstić information content (AvgIpc) is 2.46. The Labute approximate surface area is 141 Å². The molecule has 0 aliphatic carbocycles. The van der Waals surface area contributed by atoms with Crippen LogP contribution < -0.4 is 5.32 Å². The zero-order valence-electron chi connectivity index (χ0n) is 13.4. The minimum Gasteiger partial charge on any atom is -0.324 e. The summed E-state index contributed by atoms with van der Waals surface area (Å²) >= 11 is 3.13. The van der Waals surface area contributed by atoms with Crippen molar-refractivity contribution < 1.29 is 9.59 Å². The summed E-state index contributed by atoms with van der Waals surface area (Å²) in [5, 5.41) is 2.92. The first-order valence-corrected chi connectivity index (χ1v) is 9.13. The Hall–Kier alpha value is -0.940. The van der Waals surface area contributed by atoms with Crippen LogP contribution in [0.3, 0.4) is 0 Å². The zero-order valence-corrected chi connectivity index (χ0v) is 15.1. The van der Waals surface area contributed by atoms with E-state index in [2.05, 4.69) is 5.32 Å². The van der Waals surface area contributed by atoms with Crippen molar-refractivity contribution in [1.29, 1.82) is 0 Å². The van der Waals surface area contributed by atoms with Gasteiger partial charge in [-0.05, 0) is 31.2 Å². The van der Waals surface area contributed by atoms with Gasteiger partial charge in [0.05, 0.1) is 4.58 Å². The molecule has 1 saturated heterocycles. The molecule has 22 heavy (non-hydrogen) atoms. The monoisotopic (exact) mass is 336 g/mol. The highest BCUT2D eigenvalue weighted by Gasteiger charge is 2.52. The average molecular weight is 337 g/mol. The number of thioether (sulfide) groups is 2. The van der Waals surface area contributed by atoms with E-state index in [-0.39, 0.29) is 11.7 Å². The zero-order chi connectivity index (χ0) is 16.4. The molecule has 1 amide bonds. The smallest absolute Gasteiger partial charge is 0.248 e. The highest BCUT2D eigenvalue weighted by Crippen LogP contribution is 2.51. The number of para-hydroxylation sites is 1. The lowest BCUT2D eigenvalue weighted by Gasteiger charge is -2.39. The van der Waals surface area contributed by atoms with Gasteiger partial charge in [0, 0.05) is 11.1 Å². The molecular formula is C17H22NO2S2. The highest BCUT2D eigenvalue weighted by molar-refractivity contribution is 8.22. The van der Waals surface area contributed by atoms with Crippen molar-refractivity contribution in [3.05, 3.63) is 34.9 Å². The quantitative estimate of drug-likeness (QED) is 0.833. The second-order valence-electron chi connectivity index (χ2n) is 6.42. The van der Waals surface area contributed by atoms with Crippen LogP contribution in [0.25, 0.3) is 0 Å². The fraction of sp³-hybridized carbons (Fsp3) is 0.471. The van der Waals surface area contributed by atoms with Crippen molar-refractivity contribution in [3.63, 3.8) is 0 Å².